The maximum Gasteiger partial charge on any atom is 0.0726 e. The summed E-state index contributed by atoms with van der Waals surface area (Å²) in [5, 5.41) is 15.1. The van der Waals surface area contributed by atoms with Gasteiger partial charge in [0.05, 0.1) is 11.1 Å². The second-order valence-corrected chi connectivity index (χ2v) is 20.5. The van der Waals surface area contributed by atoms with Crippen LogP contribution < -0.4 is 4.90 Å². The molecule has 1 aromatic heterocycles. The molecule has 71 heavy (non-hydrogen) atoms. The van der Waals surface area contributed by atoms with Crippen molar-refractivity contribution in [2.24, 2.45) is 0 Å². The smallest absolute Gasteiger partial charge is 0.0726 e. The Morgan fingerprint density at radius 1 is 0.268 bits per heavy atom. The lowest BCUT2D eigenvalue weighted by atomic mass is 9.70. The van der Waals surface area contributed by atoms with Gasteiger partial charge in [-0.1, -0.05) is 194 Å². The molecule has 1 spiro atoms. The number of rotatable bonds is 4. The van der Waals surface area contributed by atoms with Gasteiger partial charge in [0, 0.05) is 37.1 Å². The molecule has 0 amide bonds. The summed E-state index contributed by atoms with van der Waals surface area (Å²) in [5.41, 5.74) is 15.7. The van der Waals surface area contributed by atoms with E-state index in [1.54, 1.807) is 0 Å². The van der Waals surface area contributed by atoms with Crippen molar-refractivity contribution in [1.29, 1.82) is 0 Å². The highest BCUT2D eigenvalue weighted by Crippen LogP contribution is 2.64. The van der Waals surface area contributed by atoms with E-state index in [-0.39, 0.29) is 0 Å². The maximum atomic E-state index is 2.59. The van der Waals surface area contributed by atoms with Crippen LogP contribution in [-0.2, 0) is 5.41 Å². The fraction of sp³-hybridized carbons (Fsp3) is 0.0145. The molecule has 0 fully saturated rings. The highest BCUT2D eigenvalue weighted by atomic mass is 32.1. The van der Waals surface area contributed by atoms with Crippen molar-refractivity contribution >= 4 is 102 Å². The van der Waals surface area contributed by atoms with E-state index < -0.39 is 5.41 Å². The average molecular weight is 916 g/mol. The van der Waals surface area contributed by atoms with Gasteiger partial charge >= 0.3 is 0 Å². The summed E-state index contributed by atoms with van der Waals surface area (Å²) in [5.74, 6) is 0. The van der Waals surface area contributed by atoms with Gasteiger partial charge in [-0.3, -0.25) is 0 Å². The summed E-state index contributed by atoms with van der Waals surface area (Å²) in [6, 6.07) is 94.2. The summed E-state index contributed by atoms with van der Waals surface area (Å²) in [4.78, 5) is 2.58. The Morgan fingerprint density at radius 3 is 1.45 bits per heavy atom. The van der Waals surface area contributed by atoms with Gasteiger partial charge in [-0.15, -0.1) is 11.3 Å². The molecule has 0 saturated carbocycles. The molecular weight excluding hydrogens is 875 g/mol. The largest absolute Gasteiger partial charge is 0.310 e. The number of thiophene rings is 1. The minimum Gasteiger partial charge on any atom is -0.310 e. The number of nitrogens with zero attached hydrogens (tertiary/aromatic N) is 1. The predicted octanol–water partition coefficient (Wildman–Crippen LogP) is 19.3. The Hall–Kier alpha value is -8.82. The fourth-order valence-corrected chi connectivity index (χ4v) is 14.1. The van der Waals surface area contributed by atoms with E-state index in [1.165, 1.54) is 130 Å². The van der Waals surface area contributed by atoms with E-state index in [0.29, 0.717) is 0 Å². The zero-order valence-electron chi connectivity index (χ0n) is 38.5. The molecule has 2 heteroatoms. The monoisotopic (exact) mass is 915 g/mol. The summed E-state index contributed by atoms with van der Waals surface area (Å²) < 4.78 is 2.61. The van der Waals surface area contributed by atoms with E-state index in [2.05, 4.69) is 254 Å². The third-order valence-corrected chi connectivity index (χ3v) is 17.2. The topological polar surface area (TPSA) is 3.24 Å². The van der Waals surface area contributed by atoms with Crippen LogP contribution in [0.4, 0.5) is 17.1 Å². The van der Waals surface area contributed by atoms with Gasteiger partial charge < -0.3 is 4.90 Å². The van der Waals surface area contributed by atoms with E-state index in [4.69, 9.17) is 0 Å². The maximum absolute atomic E-state index is 2.59. The molecule has 0 atom stereocenters. The Kier molecular flexibility index (Phi) is 8.04. The molecule has 2 aliphatic rings. The van der Waals surface area contributed by atoms with Gasteiger partial charge in [-0.05, 0) is 159 Å². The second-order valence-electron chi connectivity index (χ2n) is 19.5. The SMILES string of the molecule is c1ccc2c(c1)-c1ccccc1C21c2ccccc2-c2cc(-c3ccc4sc5ccccc5c4c3)c(N(c3ccc4c(ccc5ccccc54)c3)c3ccc4c5ccccc5c5ccccc5c4c3)cc21. The van der Waals surface area contributed by atoms with Gasteiger partial charge in [0.25, 0.3) is 0 Å². The van der Waals surface area contributed by atoms with Crippen LogP contribution in [0.3, 0.4) is 0 Å². The van der Waals surface area contributed by atoms with Crippen LogP contribution >= 0.6 is 11.3 Å². The van der Waals surface area contributed by atoms with Crippen molar-refractivity contribution in [2.45, 2.75) is 5.41 Å². The normalized spacial score (nSPS) is 13.2. The van der Waals surface area contributed by atoms with Gasteiger partial charge in [0.2, 0.25) is 0 Å². The average Bonchev–Trinajstić information content (AvgIpc) is 4.07. The number of benzene rings is 13. The molecule has 0 radical (unpaired) electrons. The third kappa shape index (κ3) is 5.35. The highest BCUT2D eigenvalue weighted by molar-refractivity contribution is 7.25. The number of anilines is 3. The first-order valence-electron chi connectivity index (χ1n) is 24.7. The molecule has 0 saturated heterocycles. The van der Waals surface area contributed by atoms with Crippen LogP contribution in [0, 0.1) is 0 Å². The Morgan fingerprint density at radius 2 is 0.761 bits per heavy atom. The molecule has 13 aromatic carbocycles. The molecule has 0 aliphatic heterocycles. The van der Waals surface area contributed by atoms with Gasteiger partial charge in [0.1, 0.15) is 0 Å². The molecule has 16 rings (SSSR count). The summed E-state index contributed by atoms with van der Waals surface area (Å²) in [6.45, 7) is 0. The number of fused-ring (bicyclic) bond motifs is 22. The molecule has 1 nitrogen and oxygen atoms in total. The third-order valence-electron chi connectivity index (χ3n) is 16.0. The van der Waals surface area contributed by atoms with Gasteiger partial charge in [-0.2, -0.15) is 0 Å². The summed E-state index contributed by atoms with van der Waals surface area (Å²) in [7, 11) is 0. The van der Waals surface area contributed by atoms with Crippen LogP contribution in [0.25, 0.3) is 107 Å². The van der Waals surface area contributed by atoms with Crippen LogP contribution in [-0.4, -0.2) is 0 Å². The van der Waals surface area contributed by atoms with Crippen molar-refractivity contribution in [3.05, 3.63) is 271 Å². The van der Waals surface area contributed by atoms with Crippen molar-refractivity contribution in [1.82, 2.24) is 0 Å². The zero-order valence-corrected chi connectivity index (χ0v) is 39.3. The van der Waals surface area contributed by atoms with E-state index in [0.717, 1.165) is 17.1 Å². The van der Waals surface area contributed by atoms with Gasteiger partial charge in [-0.25, -0.2) is 0 Å². The lowest BCUT2D eigenvalue weighted by Gasteiger charge is -2.33. The van der Waals surface area contributed by atoms with E-state index in [9.17, 15) is 0 Å². The van der Waals surface area contributed by atoms with Crippen molar-refractivity contribution in [2.75, 3.05) is 4.90 Å². The molecule has 14 aromatic rings. The Bertz CT molecular complexity index is 4530. The lowest BCUT2D eigenvalue weighted by Crippen LogP contribution is -2.26. The molecular formula is C69H41NS. The standard InChI is InChI=1S/C69H41NS/c1-2-16-47-42(15-1)29-30-43-37-45(32-34-48(43)47)70(46-33-35-53-51-19-4-3-17-49(51)50-18-5-6-20-52(50)59(53)39-46)66-41-65-60(40-58(66)44-31-36-68-61(38-44)57-24-10-14-28-67(57)71-68)56-23-9-13-27-64(56)69(65)62-25-11-7-21-54(62)55-22-8-12-26-63(55)69/h1-41H. The minimum atomic E-state index is -0.521. The number of hydrogen-bond acceptors (Lipinski definition) is 2. The molecule has 328 valence electrons. The van der Waals surface area contributed by atoms with Crippen LogP contribution in [0.5, 0.6) is 0 Å². The van der Waals surface area contributed by atoms with Crippen LogP contribution in [0.1, 0.15) is 22.3 Å². The molecule has 2 aliphatic carbocycles. The van der Waals surface area contributed by atoms with E-state index in [1.807, 2.05) is 11.3 Å². The lowest BCUT2D eigenvalue weighted by molar-refractivity contribution is 0.794. The molecule has 1 heterocycles. The first-order valence-corrected chi connectivity index (χ1v) is 25.5. The zero-order chi connectivity index (χ0) is 46.4. The molecule has 0 bridgehead atoms. The fourth-order valence-electron chi connectivity index (χ4n) is 13.0. The predicted molar refractivity (Wildman–Crippen MR) is 303 cm³/mol. The first-order chi connectivity index (χ1) is 35.2. The van der Waals surface area contributed by atoms with Crippen molar-refractivity contribution in [3.8, 4) is 33.4 Å². The van der Waals surface area contributed by atoms with Crippen molar-refractivity contribution in [3.63, 3.8) is 0 Å². The Labute approximate surface area is 414 Å². The Balaban J connectivity index is 1.06. The molecule has 0 N–H and O–H groups in total. The van der Waals surface area contributed by atoms with Crippen molar-refractivity contribution < 1.29 is 0 Å². The van der Waals surface area contributed by atoms with Crippen LogP contribution in [0.15, 0.2) is 249 Å². The summed E-state index contributed by atoms with van der Waals surface area (Å²) in [6.07, 6.45) is 0. The first kappa shape index (κ1) is 39.1. The van der Waals surface area contributed by atoms with Crippen LogP contribution in [0.2, 0.25) is 0 Å². The number of hydrogen-bond donors (Lipinski definition) is 0. The summed E-state index contributed by atoms with van der Waals surface area (Å²) >= 11 is 1.87. The quantitative estimate of drug-likeness (QED) is 0.159. The minimum absolute atomic E-state index is 0.521. The molecule has 0 unspecified atom stereocenters. The highest BCUT2D eigenvalue weighted by Gasteiger charge is 2.52. The van der Waals surface area contributed by atoms with E-state index >= 15 is 0 Å². The second kappa shape index (κ2) is 14.6. The van der Waals surface area contributed by atoms with Gasteiger partial charge in [0.15, 0.2) is 0 Å².